The molecule has 1 aromatic rings. The van der Waals surface area contributed by atoms with E-state index in [-0.39, 0.29) is 4.90 Å². The van der Waals surface area contributed by atoms with Gasteiger partial charge in [-0.15, -0.1) is 0 Å². The number of morpholine rings is 1. The summed E-state index contributed by atoms with van der Waals surface area (Å²) in [5.41, 5.74) is 0.764. The van der Waals surface area contributed by atoms with E-state index in [9.17, 15) is 8.42 Å². The zero-order valence-corrected chi connectivity index (χ0v) is 17.3. The number of sulfonamides is 1. The highest BCUT2D eigenvalue weighted by atomic mass is 32.2. The Bertz CT molecular complexity index is 793. The summed E-state index contributed by atoms with van der Waals surface area (Å²) in [5, 5.41) is 3.82. The van der Waals surface area contributed by atoms with Gasteiger partial charge in [-0.3, -0.25) is 0 Å². The second kappa shape index (κ2) is 8.21. The van der Waals surface area contributed by atoms with Gasteiger partial charge < -0.3 is 24.4 Å². The number of hydrogen-bond donors (Lipinski definition) is 1. The fourth-order valence-corrected chi connectivity index (χ4v) is 5.39. The molecule has 1 aromatic carbocycles. The molecule has 4 rings (SSSR count). The lowest BCUT2D eigenvalue weighted by molar-refractivity contribution is -0.180. The standard InChI is InChI=1S/C18H25N3O5S2/c22-28(23,21-9-11-24-12-10-21)16-3-1-15(2-4-16)19-17(27)20-7-5-18(6-8-20)25-13-14-26-18/h1-4H,5-14H2,(H,19,27). The predicted octanol–water partition coefficient (Wildman–Crippen LogP) is 1.24. The maximum atomic E-state index is 12.7. The Morgan fingerprint density at radius 3 is 2.18 bits per heavy atom. The lowest BCUT2D eigenvalue weighted by atomic mass is 10.0. The molecule has 3 heterocycles. The molecule has 0 aromatic heterocycles. The van der Waals surface area contributed by atoms with Crippen molar-refractivity contribution >= 4 is 33.0 Å². The third-order valence-corrected chi connectivity index (χ3v) is 7.61. The van der Waals surface area contributed by atoms with Crippen LogP contribution in [0.25, 0.3) is 0 Å². The Kier molecular flexibility index (Phi) is 5.86. The first kappa shape index (κ1) is 20.0. The summed E-state index contributed by atoms with van der Waals surface area (Å²) < 4.78 is 43.5. The highest BCUT2D eigenvalue weighted by Crippen LogP contribution is 2.31. The van der Waals surface area contributed by atoms with Gasteiger partial charge in [-0.25, -0.2) is 8.42 Å². The van der Waals surface area contributed by atoms with Crippen LogP contribution in [-0.2, 0) is 24.2 Å². The van der Waals surface area contributed by atoms with Crippen molar-refractivity contribution in [3.63, 3.8) is 0 Å². The minimum absolute atomic E-state index is 0.279. The van der Waals surface area contributed by atoms with Gasteiger partial charge in [-0.2, -0.15) is 4.31 Å². The lowest BCUT2D eigenvalue weighted by Crippen LogP contribution is -2.48. The molecule has 1 N–H and O–H groups in total. The van der Waals surface area contributed by atoms with Crippen molar-refractivity contribution in [1.82, 2.24) is 9.21 Å². The number of nitrogens with one attached hydrogen (secondary N) is 1. The second-order valence-corrected chi connectivity index (χ2v) is 9.39. The SMILES string of the molecule is O=S(=O)(c1ccc(NC(=S)N2CCC3(CC2)OCCO3)cc1)N1CCOCC1. The number of piperidine rings is 1. The van der Waals surface area contributed by atoms with Crippen molar-refractivity contribution in [2.45, 2.75) is 23.5 Å². The predicted molar refractivity (Wildman–Crippen MR) is 108 cm³/mol. The molecule has 28 heavy (non-hydrogen) atoms. The molecule has 10 heteroatoms. The molecule has 0 aliphatic carbocycles. The lowest BCUT2D eigenvalue weighted by Gasteiger charge is -2.38. The van der Waals surface area contributed by atoms with E-state index in [2.05, 4.69) is 10.2 Å². The molecule has 3 fully saturated rings. The topological polar surface area (TPSA) is 80.3 Å². The Balaban J connectivity index is 1.35. The first-order valence-electron chi connectivity index (χ1n) is 9.50. The third-order valence-electron chi connectivity index (χ3n) is 5.34. The molecule has 8 nitrogen and oxygen atoms in total. The van der Waals surface area contributed by atoms with Gasteiger partial charge in [0.2, 0.25) is 10.0 Å². The zero-order valence-electron chi connectivity index (χ0n) is 15.6. The summed E-state index contributed by atoms with van der Waals surface area (Å²) in [4.78, 5) is 2.37. The highest BCUT2D eigenvalue weighted by Gasteiger charge is 2.40. The number of nitrogens with zero attached hydrogens (tertiary/aromatic N) is 2. The summed E-state index contributed by atoms with van der Waals surface area (Å²) in [6.07, 6.45) is 1.57. The first-order chi connectivity index (χ1) is 13.5. The second-order valence-electron chi connectivity index (χ2n) is 7.07. The van der Waals surface area contributed by atoms with E-state index < -0.39 is 15.8 Å². The van der Waals surface area contributed by atoms with Crippen LogP contribution in [0.1, 0.15) is 12.8 Å². The Morgan fingerprint density at radius 2 is 1.57 bits per heavy atom. The smallest absolute Gasteiger partial charge is 0.243 e. The van der Waals surface area contributed by atoms with Crippen molar-refractivity contribution in [1.29, 1.82) is 0 Å². The summed E-state index contributed by atoms with van der Waals surface area (Å²) in [6.45, 7) is 4.46. The van der Waals surface area contributed by atoms with Gasteiger partial charge in [0.25, 0.3) is 0 Å². The first-order valence-corrected chi connectivity index (χ1v) is 11.4. The molecule has 0 saturated carbocycles. The van der Waals surface area contributed by atoms with E-state index in [0.717, 1.165) is 31.6 Å². The molecule has 0 unspecified atom stereocenters. The van der Waals surface area contributed by atoms with E-state index in [4.69, 9.17) is 26.4 Å². The molecule has 0 amide bonds. The van der Waals surface area contributed by atoms with E-state index in [1.165, 1.54) is 4.31 Å². The molecule has 0 atom stereocenters. The van der Waals surface area contributed by atoms with Crippen molar-refractivity contribution in [2.75, 3.05) is 57.9 Å². The van der Waals surface area contributed by atoms with E-state index in [1.807, 2.05) is 0 Å². The molecular weight excluding hydrogens is 402 g/mol. The van der Waals surface area contributed by atoms with Crippen molar-refractivity contribution < 1.29 is 22.6 Å². The average Bonchev–Trinajstić information content (AvgIpc) is 3.17. The van der Waals surface area contributed by atoms with E-state index in [0.29, 0.717) is 44.6 Å². The van der Waals surface area contributed by atoms with Crippen LogP contribution < -0.4 is 5.32 Å². The largest absolute Gasteiger partial charge is 0.379 e. The minimum atomic E-state index is -3.49. The van der Waals surface area contributed by atoms with Crippen LogP contribution in [0, 0.1) is 0 Å². The number of hydrogen-bond acceptors (Lipinski definition) is 6. The van der Waals surface area contributed by atoms with Crippen LogP contribution in [0.4, 0.5) is 5.69 Å². The number of ether oxygens (including phenoxy) is 3. The molecule has 3 saturated heterocycles. The Hall–Kier alpha value is -1.30. The minimum Gasteiger partial charge on any atom is -0.379 e. The normalized spacial score (nSPS) is 23.1. The maximum absolute atomic E-state index is 12.7. The molecule has 1 spiro atoms. The molecule has 154 valence electrons. The molecule has 0 bridgehead atoms. The van der Waals surface area contributed by atoms with Crippen molar-refractivity contribution in [2.24, 2.45) is 0 Å². The number of thiocarbonyl (C=S) groups is 1. The van der Waals surface area contributed by atoms with Gasteiger partial charge in [-0.05, 0) is 36.5 Å². The fourth-order valence-electron chi connectivity index (χ4n) is 3.68. The number of rotatable bonds is 3. The highest BCUT2D eigenvalue weighted by molar-refractivity contribution is 7.89. The molecule has 0 radical (unpaired) electrons. The van der Waals surface area contributed by atoms with Crippen molar-refractivity contribution in [3.05, 3.63) is 24.3 Å². The summed E-state index contributed by atoms with van der Waals surface area (Å²) >= 11 is 5.52. The van der Waals surface area contributed by atoms with Crippen LogP contribution in [-0.4, -0.2) is 81.1 Å². The van der Waals surface area contributed by atoms with Gasteiger partial charge >= 0.3 is 0 Å². The quantitative estimate of drug-likeness (QED) is 0.722. The summed E-state index contributed by atoms with van der Waals surface area (Å²) in [6, 6.07) is 6.71. The van der Waals surface area contributed by atoms with Gasteiger partial charge in [-0.1, -0.05) is 0 Å². The third kappa shape index (κ3) is 4.17. The zero-order chi connectivity index (χ0) is 19.6. The van der Waals surface area contributed by atoms with Gasteiger partial charge in [0.1, 0.15) is 0 Å². The maximum Gasteiger partial charge on any atom is 0.243 e. The van der Waals surface area contributed by atoms with Crippen LogP contribution in [0.2, 0.25) is 0 Å². The Morgan fingerprint density at radius 1 is 0.964 bits per heavy atom. The van der Waals surface area contributed by atoms with Crippen LogP contribution in [0.3, 0.4) is 0 Å². The number of benzene rings is 1. The fraction of sp³-hybridized carbons (Fsp3) is 0.611. The number of anilines is 1. The molecular formula is C18H25N3O5S2. The van der Waals surface area contributed by atoms with Crippen LogP contribution in [0.5, 0.6) is 0 Å². The van der Waals surface area contributed by atoms with Gasteiger partial charge in [0.05, 0.1) is 31.3 Å². The molecule has 3 aliphatic rings. The van der Waals surface area contributed by atoms with Gasteiger partial charge in [0.15, 0.2) is 10.9 Å². The monoisotopic (exact) mass is 427 g/mol. The van der Waals surface area contributed by atoms with E-state index in [1.54, 1.807) is 24.3 Å². The van der Waals surface area contributed by atoms with Crippen LogP contribution in [0.15, 0.2) is 29.2 Å². The van der Waals surface area contributed by atoms with E-state index >= 15 is 0 Å². The number of likely N-dealkylation sites (tertiary alicyclic amines) is 1. The summed E-state index contributed by atoms with van der Waals surface area (Å²) in [5.74, 6) is -0.429. The summed E-state index contributed by atoms with van der Waals surface area (Å²) in [7, 11) is -3.49. The average molecular weight is 428 g/mol. The van der Waals surface area contributed by atoms with Crippen molar-refractivity contribution in [3.8, 4) is 0 Å². The van der Waals surface area contributed by atoms with Crippen LogP contribution >= 0.6 is 12.2 Å². The van der Waals surface area contributed by atoms with Gasteiger partial charge in [0, 0.05) is 44.7 Å². The molecule has 3 aliphatic heterocycles. The Labute approximate surface area is 170 Å².